The van der Waals surface area contributed by atoms with Crippen LogP contribution in [0.25, 0.3) is 0 Å². The Morgan fingerprint density at radius 2 is 2.22 bits per heavy atom. The van der Waals surface area contributed by atoms with Crippen molar-refractivity contribution in [1.29, 1.82) is 0 Å². The fraction of sp³-hybridized carbons (Fsp3) is 0.375. The topological polar surface area (TPSA) is 49.3 Å². The maximum atomic E-state index is 13.8. The van der Waals surface area contributed by atoms with Gasteiger partial charge in [-0.15, -0.1) is 35.3 Å². The van der Waals surface area contributed by atoms with E-state index in [1.54, 1.807) is 24.5 Å². The monoisotopic (exact) mass is 446 g/mol. The number of nitrogens with zero attached hydrogens (tertiary/aromatic N) is 2. The van der Waals surface area contributed by atoms with Crippen molar-refractivity contribution in [3.05, 3.63) is 51.7 Å². The Morgan fingerprint density at radius 1 is 1.43 bits per heavy atom. The Balaban J connectivity index is 0.00000192. The minimum atomic E-state index is -0.127. The molecule has 23 heavy (non-hydrogen) atoms. The van der Waals surface area contributed by atoms with E-state index < -0.39 is 0 Å². The van der Waals surface area contributed by atoms with Crippen LogP contribution in [0.2, 0.25) is 0 Å². The molecule has 1 aromatic carbocycles. The van der Waals surface area contributed by atoms with Crippen LogP contribution in [0.4, 0.5) is 4.39 Å². The van der Waals surface area contributed by atoms with Gasteiger partial charge in [0.15, 0.2) is 5.96 Å². The summed E-state index contributed by atoms with van der Waals surface area (Å²) in [6.07, 6.45) is 2.80. The number of aliphatic imine (C=N–C) groups is 1. The fourth-order valence-corrected chi connectivity index (χ4v) is 3.21. The van der Waals surface area contributed by atoms with Crippen LogP contribution in [-0.2, 0) is 6.54 Å². The molecule has 7 heteroatoms. The Bertz CT molecular complexity index is 688. The lowest BCUT2D eigenvalue weighted by Gasteiger charge is -2.11. The Kier molecular flexibility index (Phi) is 6.34. The van der Waals surface area contributed by atoms with E-state index >= 15 is 0 Å². The molecule has 2 aromatic rings. The number of aromatic nitrogens is 1. The van der Waals surface area contributed by atoms with Crippen LogP contribution in [0, 0.1) is 12.7 Å². The molecule has 0 radical (unpaired) electrons. The number of thiazole rings is 1. The zero-order valence-electron chi connectivity index (χ0n) is 13.0. The molecule has 1 aliphatic carbocycles. The van der Waals surface area contributed by atoms with Gasteiger partial charge in [-0.2, -0.15) is 0 Å². The molecule has 1 fully saturated rings. The normalized spacial score (nSPS) is 19.9. The summed E-state index contributed by atoms with van der Waals surface area (Å²) in [5.74, 6) is 0.830. The first kappa shape index (κ1) is 18.1. The van der Waals surface area contributed by atoms with Gasteiger partial charge in [0.2, 0.25) is 0 Å². The fourth-order valence-electron chi connectivity index (χ4n) is 2.49. The van der Waals surface area contributed by atoms with Crippen LogP contribution < -0.4 is 10.6 Å². The summed E-state index contributed by atoms with van der Waals surface area (Å²) < 4.78 is 13.8. The molecule has 0 bridgehead atoms. The third-order valence-corrected chi connectivity index (χ3v) is 4.63. The second kappa shape index (κ2) is 8.05. The van der Waals surface area contributed by atoms with E-state index in [1.165, 1.54) is 10.9 Å². The quantitative estimate of drug-likeness (QED) is 0.430. The molecular weight excluding hydrogens is 426 g/mol. The van der Waals surface area contributed by atoms with Crippen LogP contribution >= 0.6 is 35.3 Å². The van der Waals surface area contributed by atoms with E-state index in [2.05, 4.69) is 20.6 Å². The van der Waals surface area contributed by atoms with E-state index in [4.69, 9.17) is 0 Å². The molecule has 4 nitrogen and oxygen atoms in total. The Morgan fingerprint density at radius 3 is 2.87 bits per heavy atom. The number of benzene rings is 1. The summed E-state index contributed by atoms with van der Waals surface area (Å²) in [5.41, 5.74) is 0.783. The summed E-state index contributed by atoms with van der Waals surface area (Å²) in [5, 5.41) is 7.62. The molecule has 0 saturated heterocycles. The predicted octanol–water partition coefficient (Wildman–Crippen LogP) is 3.43. The average molecular weight is 446 g/mol. The second-order valence-corrected chi connectivity index (χ2v) is 6.72. The van der Waals surface area contributed by atoms with Crippen molar-refractivity contribution in [2.24, 2.45) is 4.99 Å². The lowest BCUT2D eigenvalue weighted by atomic mass is 10.1. The number of hydrogen-bond acceptors (Lipinski definition) is 3. The number of rotatable bonds is 4. The van der Waals surface area contributed by atoms with E-state index in [9.17, 15) is 4.39 Å². The third-order valence-electron chi connectivity index (χ3n) is 3.72. The lowest BCUT2D eigenvalue weighted by molar-refractivity contribution is 0.607. The number of halogens is 2. The third kappa shape index (κ3) is 4.63. The molecule has 1 aliphatic rings. The highest BCUT2D eigenvalue weighted by molar-refractivity contribution is 14.0. The first-order valence-corrected chi connectivity index (χ1v) is 8.12. The predicted molar refractivity (Wildman–Crippen MR) is 103 cm³/mol. The zero-order valence-corrected chi connectivity index (χ0v) is 16.2. The number of nitrogens with one attached hydrogen (secondary N) is 2. The largest absolute Gasteiger partial charge is 0.353 e. The minimum absolute atomic E-state index is 0. The van der Waals surface area contributed by atoms with Crippen molar-refractivity contribution in [2.45, 2.75) is 31.8 Å². The van der Waals surface area contributed by atoms with Gasteiger partial charge in [-0.1, -0.05) is 18.2 Å². The maximum Gasteiger partial charge on any atom is 0.191 e. The first-order chi connectivity index (χ1) is 10.7. The van der Waals surface area contributed by atoms with E-state index in [0.717, 1.165) is 23.0 Å². The van der Waals surface area contributed by atoms with Crippen molar-refractivity contribution in [3.63, 3.8) is 0 Å². The zero-order chi connectivity index (χ0) is 15.5. The van der Waals surface area contributed by atoms with Crippen molar-refractivity contribution in [2.75, 3.05) is 7.05 Å². The summed E-state index contributed by atoms with van der Waals surface area (Å²) in [4.78, 5) is 9.73. The molecule has 0 amide bonds. The molecule has 0 aliphatic heterocycles. The van der Waals surface area contributed by atoms with E-state index in [0.29, 0.717) is 6.54 Å². The molecule has 1 heterocycles. The molecule has 1 aromatic heterocycles. The summed E-state index contributed by atoms with van der Waals surface area (Å²) in [6.45, 7) is 2.69. The smallest absolute Gasteiger partial charge is 0.191 e. The maximum absolute atomic E-state index is 13.8. The van der Waals surface area contributed by atoms with Crippen LogP contribution in [0.5, 0.6) is 0 Å². The van der Waals surface area contributed by atoms with Gasteiger partial charge in [0.1, 0.15) is 10.8 Å². The summed E-state index contributed by atoms with van der Waals surface area (Å²) in [7, 11) is 1.74. The van der Waals surface area contributed by atoms with Crippen LogP contribution in [-0.4, -0.2) is 24.0 Å². The molecule has 2 N–H and O–H groups in total. The van der Waals surface area contributed by atoms with Gasteiger partial charge in [-0.05, 0) is 25.0 Å². The van der Waals surface area contributed by atoms with Crippen LogP contribution in [0.3, 0.4) is 0 Å². The SMILES string of the molecule is CN=C(NCc1ncc(C)s1)NC1CC1c1ccccc1F.I. The van der Waals surface area contributed by atoms with Gasteiger partial charge in [-0.25, -0.2) is 9.37 Å². The standard InChI is InChI=1S/C16H19FN4S.HI/c1-10-8-19-15(22-10)9-20-16(18-2)21-14-7-12(14)11-5-3-4-6-13(11)17;/h3-6,8,12,14H,7,9H2,1-2H3,(H2,18,20,21);1H. The van der Waals surface area contributed by atoms with Gasteiger partial charge in [0, 0.05) is 30.1 Å². The van der Waals surface area contributed by atoms with Crippen molar-refractivity contribution >= 4 is 41.3 Å². The highest BCUT2D eigenvalue weighted by Gasteiger charge is 2.40. The van der Waals surface area contributed by atoms with E-state index in [1.807, 2.05) is 25.3 Å². The van der Waals surface area contributed by atoms with Crippen molar-refractivity contribution < 1.29 is 4.39 Å². The highest BCUT2D eigenvalue weighted by Crippen LogP contribution is 2.41. The molecular formula is C16H20FIN4S. The van der Waals surface area contributed by atoms with Crippen LogP contribution in [0.15, 0.2) is 35.5 Å². The highest BCUT2D eigenvalue weighted by atomic mass is 127. The second-order valence-electron chi connectivity index (χ2n) is 5.40. The molecule has 0 spiro atoms. The molecule has 2 unspecified atom stereocenters. The molecule has 124 valence electrons. The number of guanidine groups is 1. The van der Waals surface area contributed by atoms with Gasteiger partial charge in [0.25, 0.3) is 0 Å². The van der Waals surface area contributed by atoms with Gasteiger partial charge >= 0.3 is 0 Å². The summed E-state index contributed by atoms with van der Waals surface area (Å²) in [6, 6.07) is 7.21. The van der Waals surface area contributed by atoms with Crippen molar-refractivity contribution in [3.8, 4) is 0 Å². The molecule has 1 saturated carbocycles. The van der Waals surface area contributed by atoms with Crippen LogP contribution in [0.1, 0.15) is 27.8 Å². The molecule has 3 rings (SSSR count). The minimum Gasteiger partial charge on any atom is -0.353 e. The summed E-state index contributed by atoms with van der Waals surface area (Å²) >= 11 is 1.67. The number of hydrogen-bond donors (Lipinski definition) is 2. The van der Waals surface area contributed by atoms with Gasteiger partial charge in [-0.3, -0.25) is 4.99 Å². The number of aryl methyl sites for hydroxylation is 1. The average Bonchev–Trinajstić information content (AvgIpc) is 3.15. The Labute approximate surface area is 156 Å². The Hall–Kier alpha value is -1.22. The van der Waals surface area contributed by atoms with E-state index in [-0.39, 0.29) is 41.8 Å². The van der Waals surface area contributed by atoms with Gasteiger partial charge in [0.05, 0.1) is 6.54 Å². The first-order valence-electron chi connectivity index (χ1n) is 7.30. The van der Waals surface area contributed by atoms with Gasteiger partial charge < -0.3 is 10.6 Å². The van der Waals surface area contributed by atoms with Crippen molar-refractivity contribution in [1.82, 2.24) is 15.6 Å². The lowest BCUT2D eigenvalue weighted by Crippen LogP contribution is -2.38. The molecule has 2 atom stereocenters.